The number of carbonyl (C=O) groups is 1. The van der Waals surface area contributed by atoms with Crippen LogP contribution in [0.1, 0.15) is 0 Å². The lowest BCUT2D eigenvalue weighted by molar-refractivity contribution is 0.205. The van der Waals surface area contributed by atoms with Crippen LogP contribution in [0, 0.1) is 0 Å². The summed E-state index contributed by atoms with van der Waals surface area (Å²) in [5, 5.41) is 7.19. The first-order valence-corrected chi connectivity index (χ1v) is 6.36. The van der Waals surface area contributed by atoms with Gasteiger partial charge < -0.3 is 10.8 Å². The third-order valence-corrected chi connectivity index (χ3v) is 1.50. The molecule has 1 amide bonds. The highest BCUT2D eigenvalue weighted by atomic mass is 33.1. The van der Waals surface area contributed by atoms with Crippen LogP contribution < -0.4 is 5.73 Å². The molecule has 0 aliphatic rings. The molecule has 0 aliphatic heterocycles. The molecule has 0 radical (unpaired) electrons. The minimum Gasteiger partial charge on any atom is -0.465 e. The molecule has 4 N–H and O–H groups in total. The minimum absolute atomic E-state index is 1.33. The quantitative estimate of drug-likeness (QED) is 0.295. The summed E-state index contributed by atoms with van der Waals surface area (Å²) in [5.41, 5.74) is 4.03. The number of hydrogen-bond donors (Lipinski definition) is 4. The Morgan fingerprint density at radius 3 is 1.42 bits per heavy atom. The van der Waals surface area contributed by atoms with Crippen LogP contribution >= 0.6 is 21.6 Å². The highest BCUT2D eigenvalue weighted by Gasteiger charge is 1.65. The van der Waals surface area contributed by atoms with E-state index in [2.05, 4.69) is 18.2 Å². The third kappa shape index (κ3) is 1010. The van der Waals surface area contributed by atoms with Gasteiger partial charge in [0.2, 0.25) is 0 Å². The predicted octanol–water partition coefficient (Wildman–Crippen LogP) is 0.321. The van der Waals surface area contributed by atoms with E-state index < -0.39 is 17.1 Å². The monoisotopic (exact) mass is 237 g/mol. The van der Waals surface area contributed by atoms with E-state index in [1.165, 1.54) is 0 Å². The van der Waals surface area contributed by atoms with Crippen LogP contribution in [0.4, 0.5) is 4.79 Å². The van der Waals surface area contributed by atoms with Crippen molar-refractivity contribution in [3.05, 3.63) is 0 Å². The lowest BCUT2D eigenvalue weighted by atomic mass is 11.3. The Morgan fingerprint density at radius 2 is 1.42 bits per heavy atom. The summed E-state index contributed by atoms with van der Waals surface area (Å²) < 4.78 is 24.2. The molecule has 12 heavy (non-hydrogen) atoms. The molecule has 0 aromatic rings. The Labute approximate surface area is 80.1 Å². The molecule has 0 aromatic heterocycles. The fourth-order valence-corrected chi connectivity index (χ4v) is 0. The van der Waals surface area contributed by atoms with Crippen molar-refractivity contribution >= 4 is 38.7 Å². The molecular formula is C3H11NO5S3. The normalized spacial score (nSPS) is 7.33. The Balaban J connectivity index is -0.000000101. The number of carboxylic acid groups (broad SMARTS) is 1. The Bertz CT molecular complexity index is 144. The molecule has 0 aromatic carbocycles. The first-order chi connectivity index (χ1) is 5.38. The van der Waals surface area contributed by atoms with Crippen molar-refractivity contribution in [1.82, 2.24) is 0 Å². The second kappa shape index (κ2) is 17.1. The van der Waals surface area contributed by atoms with Gasteiger partial charge in [0.15, 0.2) is 0 Å². The summed E-state index contributed by atoms with van der Waals surface area (Å²) in [6.45, 7) is 0. The van der Waals surface area contributed by atoms with Gasteiger partial charge in [-0.25, -0.2) is 13.2 Å². The molecule has 76 valence electrons. The van der Waals surface area contributed by atoms with Gasteiger partial charge in [-0.05, 0) is 12.5 Å². The molecule has 9 heteroatoms. The first kappa shape index (κ1) is 17.8. The van der Waals surface area contributed by atoms with Crippen LogP contribution in [0.2, 0.25) is 0 Å². The van der Waals surface area contributed by atoms with Crippen molar-refractivity contribution in [1.29, 1.82) is 0 Å². The van der Waals surface area contributed by atoms with Crippen molar-refractivity contribution in [2.24, 2.45) is 5.73 Å². The van der Waals surface area contributed by atoms with Gasteiger partial charge in [-0.2, -0.15) is 0 Å². The summed E-state index contributed by atoms with van der Waals surface area (Å²) in [4.78, 5) is 8.78. The standard InChI is InChI=1S/C2H6S2.CH3NO2.H2O3S/c1-3-4-2;2-1(3)4;1-4(2)3/h1-2H3;2H2,(H,3,4);4H,(H,1,2,3). The van der Waals surface area contributed by atoms with Crippen molar-refractivity contribution in [3.63, 3.8) is 0 Å². The van der Waals surface area contributed by atoms with E-state index in [1.807, 2.05) is 0 Å². The number of rotatable bonds is 1. The average molecular weight is 237 g/mol. The van der Waals surface area contributed by atoms with Crippen LogP contribution in [0.25, 0.3) is 0 Å². The van der Waals surface area contributed by atoms with Crippen molar-refractivity contribution in [2.45, 2.75) is 0 Å². The molecule has 0 aliphatic carbocycles. The van der Waals surface area contributed by atoms with Crippen molar-refractivity contribution in [3.8, 4) is 0 Å². The largest absolute Gasteiger partial charge is 0.465 e. The number of nitrogens with two attached hydrogens (primary N) is 1. The fraction of sp³-hybridized carbons (Fsp3) is 0.667. The van der Waals surface area contributed by atoms with E-state index in [1.54, 1.807) is 21.6 Å². The van der Waals surface area contributed by atoms with Gasteiger partial charge >= 0.3 is 6.09 Å². The maximum absolute atomic E-state index is 8.78. The van der Waals surface area contributed by atoms with E-state index in [-0.39, 0.29) is 0 Å². The number of thiol groups is 1. The van der Waals surface area contributed by atoms with Gasteiger partial charge in [0.25, 0.3) is 11.0 Å². The molecule has 0 rings (SSSR count). The highest BCUT2D eigenvalue weighted by molar-refractivity contribution is 8.76. The van der Waals surface area contributed by atoms with Crippen LogP contribution in [0.15, 0.2) is 0 Å². The van der Waals surface area contributed by atoms with E-state index in [4.69, 9.17) is 22.9 Å². The van der Waals surface area contributed by atoms with Gasteiger partial charge in [0, 0.05) is 0 Å². The number of amides is 1. The summed E-state index contributed by atoms with van der Waals surface area (Å²) in [7, 11) is 0.426. The van der Waals surface area contributed by atoms with E-state index in [0.717, 1.165) is 0 Å². The van der Waals surface area contributed by atoms with Gasteiger partial charge in [0.05, 0.1) is 0 Å². The summed E-state index contributed by atoms with van der Waals surface area (Å²) in [5.74, 6) is 0. The molecule has 0 saturated carbocycles. The van der Waals surface area contributed by atoms with E-state index in [0.29, 0.717) is 0 Å². The molecule has 0 saturated heterocycles. The van der Waals surface area contributed by atoms with Crippen LogP contribution in [-0.4, -0.2) is 36.7 Å². The Hall–Kier alpha value is -0.120. The van der Waals surface area contributed by atoms with E-state index in [9.17, 15) is 0 Å². The topological polar surface area (TPSA) is 118 Å². The van der Waals surface area contributed by atoms with Crippen LogP contribution in [0.3, 0.4) is 0 Å². The summed E-state index contributed by atoms with van der Waals surface area (Å²) in [6, 6.07) is 0. The second-order valence-corrected chi connectivity index (χ2v) is 4.05. The molecule has 0 atom stereocenters. The van der Waals surface area contributed by atoms with Crippen molar-refractivity contribution < 1.29 is 22.9 Å². The minimum atomic E-state index is -3.12. The van der Waals surface area contributed by atoms with Gasteiger partial charge in [-0.1, -0.05) is 21.6 Å². The first-order valence-electron chi connectivity index (χ1n) is 2.26. The zero-order chi connectivity index (χ0) is 10.6. The zero-order valence-corrected chi connectivity index (χ0v) is 8.99. The summed E-state index contributed by atoms with van der Waals surface area (Å²) >= 11 is 0. The lowest BCUT2D eigenvalue weighted by Gasteiger charge is -1.69. The zero-order valence-electron chi connectivity index (χ0n) is 6.46. The third-order valence-electron chi connectivity index (χ3n) is 0.167. The predicted molar refractivity (Wildman–Crippen MR) is 52.2 cm³/mol. The van der Waals surface area contributed by atoms with Gasteiger partial charge in [-0.15, -0.1) is 0 Å². The molecular weight excluding hydrogens is 226 g/mol. The molecule has 0 fully saturated rings. The fourth-order valence-electron chi connectivity index (χ4n) is 0. The lowest BCUT2D eigenvalue weighted by Crippen LogP contribution is -2.03. The van der Waals surface area contributed by atoms with Crippen LogP contribution in [0.5, 0.6) is 0 Å². The average Bonchev–Trinajstić information content (AvgIpc) is 1.85. The van der Waals surface area contributed by atoms with Crippen LogP contribution in [-0.2, 0) is 11.0 Å². The molecule has 0 heterocycles. The maximum atomic E-state index is 8.78. The Morgan fingerprint density at radius 1 is 1.33 bits per heavy atom. The Kier molecular flexibility index (Phi) is 25.4. The second-order valence-electron chi connectivity index (χ2n) is 0.909. The van der Waals surface area contributed by atoms with Crippen molar-refractivity contribution in [2.75, 3.05) is 12.5 Å². The number of primary amides is 1. The molecule has 0 unspecified atom stereocenters. The smallest absolute Gasteiger partial charge is 0.402 e. The van der Waals surface area contributed by atoms with Gasteiger partial charge in [-0.3, -0.25) is 4.55 Å². The number of hydrogen-bond acceptors (Lipinski definition) is 5. The van der Waals surface area contributed by atoms with E-state index >= 15 is 0 Å². The highest BCUT2D eigenvalue weighted by Crippen LogP contribution is 2.09. The SMILES string of the molecule is CSSC.NC(=O)O.O=[SH](=O)O. The van der Waals surface area contributed by atoms with Gasteiger partial charge in [0.1, 0.15) is 0 Å². The maximum Gasteiger partial charge on any atom is 0.402 e. The molecule has 0 spiro atoms. The summed E-state index contributed by atoms with van der Waals surface area (Å²) in [6.07, 6.45) is 2.79. The molecule has 6 nitrogen and oxygen atoms in total. The molecule has 0 bridgehead atoms.